The smallest absolute Gasteiger partial charge is 0.387 e. The standard InChI is InChI=1S/C18H18F2N6O2/c1-10-11(2)26(12(3)23-10)17-21-8-14(9-22-17)25-18(27)24-13-5-4-6-15(7-13)28-16(19)20/h4-9,16H,1-3H3,(H2,24,25,27). The molecular weight excluding hydrogens is 370 g/mol. The minimum absolute atomic E-state index is 0.0538. The van der Waals surface area contributed by atoms with E-state index in [1.807, 2.05) is 25.3 Å². The average molecular weight is 388 g/mol. The fraction of sp³-hybridized carbons (Fsp3) is 0.222. The number of alkyl halides is 2. The van der Waals surface area contributed by atoms with Gasteiger partial charge in [0.05, 0.1) is 23.8 Å². The maximum absolute atomic E-state index is 12.3. The summed E-state index contributed by atoms with van der Waals surface area (Å²) in [5.74, 6) is 1.15. The van der Waals surface area contributed by atoms with Crippen LogP contribution in [0.3, 0.4) is 0 Å². The molecule has 0 spiro atoms. The van der Waals surface area contributed by atoms with E-state index in [0.717, 1.165) is 17.2 Å². The largest absolute Gasteiger partial charge is 0.435 e. The van der Waals surface area contributed by atoms with Crippen LogP contribution in [0.4, 0.5) is 25.0 Å². The number of halogens is 2. The van der Waals surface area contributed by atoms with Gasteiger partial charge in [0, 0.05) is 17.4 Å². The van der Waals surface area contributed by atoms with Crippen molar-refractivity contribution in [1.82, 2.24) is 19.5 Å². The number of hydrogen-bond donors (Lipinski definition) is 2. The highest BCUT2D eigenvalue weighted by atomic mass is 19.3. The van der Waals surface area contributed by atoms with Gasteiger partial charge in [-0.1, -0.05) is 6.07 Å². The second-order valence-corrected chi connectivity index (χ2v) is 5.92. The molecule has 146 valence electrons. The van der Waals surface area contributed by atoms with Gasteiger partial charge in [0.2, 0.25) is 5.95 Å². The van der Waals surface area contributed by atoms with E-state index >= 15 is 0 Å². The van der Waals surface area contributed by atoms with Crippen molar-refractivity contribution in [3.8, 4) is 11.7 Å². The van der Waals surface area contributed by atoms with E-state index in [4.69, 9.17) is 0 Å². The number of nitrogens with one attached hydrogen (secondary N) is 2. The van der Waals surface area contributed by atoms with Crippen LogP contribution in [0.25, 0.3) is 5.95 Å². The molecule has 2 N–H and O–H groups in total. The molecule has 3 rings (SSSR count). The Morgan fingerprint density at radius 1 is 1.11 bits per heavy atom. The summed E-state index contributed by atoms with van der Waals surface area (Å²) in [7, 11) is 0. The summed E-state index contributed by atoms with van der Waals surface area (Å²) >= 11 is 0. The number of aryl methyl sites for hydroxylation is 2. The number of anilines is 2. The van der Waals surface area contributed by atoms with Crippen molar-refractivity contribution >= 4 is 17.4 Å². The summed E-state index contributed by atoms with van der Waals surface area (Å²) in [6, 6.07) is 5.12. The predicted octanol–water partition coefficient (Wildman–Crippen LogP) is 3.83. The van der Waals surface area contributed by atoms with Crippen LogP contribution in [-0.4, -0.2) is 32.2 Å². The van der Waals surface area contributed by atoms with E-state index in [2.05, 4.69) is 30.3 Å². The Kier molecular flexibility index (Phi) is 5.48. The summed E-state index contributed by atoms with van der Waals surface area (Å²) in [6.45, 7) is 2.74. The third kappa shape index (κ3) is 4.40. The molecule has 1 aromatic carbocycles. The molecule has 0 saturated carbocycles. The number of aromatic nitrogens is 4. The SMILES string of the molecule is Cc1nc(C)n(-c2ncc(NC(=O)Nc3cccc(OC(F)F)c3)cn2)c1C. The number of carbonyl (C=O) groups excluding carboxylic acids is 1. The van der Waals surface area contributed by atoms with Gasteiger partial charge >= 0.3 is 12.6 Å². The molecular formula is C18H18F2N6O2. The van der Waals surface area contributed by atoms with Gasteiger partial charge in [0.25, 0.3) is 0 Å². The summed E-state index contributed by atoms with van der Waals surface area (Å²) < 4.78 is 30.6. The summed E-state index contributed by atoms with van der Waals surface area (Å²) in [6.07, 6.45) is 2.93. The van der Waals surface area contributed by atoms with Gasteiger partial charge in [-0.2, -0.15) is 8.78 Å². The number of amides is 2. The zero-order valence-corrected chi connectivity index (χ0v) is 15.4. The first-order valence-electron chi connectivity index (χ1n) is 8.31. The van der Waals surface area contributed by atoms with Crippen LogP contribution in [0, 0.1) is 20.8 Å². The van der Waals surface area contributed by atoms with Gasteiger partial charge in [0.15, 0.2) is 0 Å². The van der Waals surface area contributed by atoms with Crippen LogP contribution in [0.2, 0.25) is 0 Å². The van der Waals surface area contributed by atoms with E-state index < -0.39 is 12.6 Å². The molecule has 2 aromatic heterocycles. The first-order chi connectivity index (χ1) is 13.3. The average Bonchev–Trinajstić information content (AvgIpc) is 2.87. The zero-order valence-electron chi connectivity index (χ0n) is 15.4. The number of rotatable bonds is 5. The zero-order chi connectivity index (χ0) is 20.3. The molecule has 8 nitrogen and oxygen atoms in total. The van der Waals surface area contributed by atoms with Gasteiger partial charge in [-0.05, 0) is 32.9 Å². The number of benzene rings is 1. The molecule has 0 radical (unpaired) electrons. The van der Waals surface area contributed by atoms with E-state index in [-0.39, 0.29) is 5.75 Å². The Bertz CT molecular complexity index is 988. The van der Waals surface area contributed by atoms with E-state index in [1.165, 1.54) is 30.6 Å². The molecule has 28 heavy (non-hydrogen) atoms. The molecule has 0 aliphatic heterocycles. The number of ether oxygens (including phenoxy) is 1. The molecule has 3 aromatic rings. The van der Waals surface area contributed by atoms with Crippen molar-refractivity contribution in [2.75, 3.05) is 10.6 Å². The fourth-order valence-corrected chi connectivity index (χ4v) is 2.62. The second-order valence-electron chi connectivity index (χ2n) is 5.92. The Labute approximate surface area is 159 Å². The number of carbonyl (C=O) groups is 1. The van der Waals surface area contributed by atoms with Crippen molar-refractivity contribution in [1.29, 1.82) is 0 Å². The van der Waals surface area contributed by atoms with E-state index in [1.54, 1.807) is 6.07 Å². The van der Waals surface area contributed by atoms with Gasteiger partial charge in [-0.15, -0.1) is 0 Å². The molecule has 0 unspecified atom stereocenters. The number of urea groups is 1. The van der Waals surface area contributed by atoms with Crippen LogP contribution in [0.15, 0.2) is 36.7 Å². The topological polar surface area (TPSA) is 94.0 Å². The Hall–Kier alpha value is -3.56. The summed E-state index contributed by atoms with van der Waals surface area (Å²) in [5.41, 5.74) is 2.49. The lowest BCUT2D eigenvalue weighted by Crippen LogP contribution is -2.20. The van der Waals surface area contributed by atoms with Crippen molar-refractivity contribution < 1.29 is 18.3 Å². The quantitative estimate of drug-likeness (QED) is 0.693. The van der Waals surface area contributed by atoms with Gasteiger partial charge < -0.3 is 15.4 Å². The van der Waals surface area contributed by atoms with Gasteiger partial charge in [-0.3, -0.25) is 4.57 Å². The molecule has 0 atom stereocenters. The van der Waals surface area contributed by atoms with Gasteiger partial charge in [-0.25, -0.2) is 19.7 Å². The van der Waals surface area contributed by atoms with Crippen molar-refractivity contribution in [2.24, 2.45) is 0 Å². The van der Waals surface area contributed by atoms with E-state index in [9.17, 15) is 13.6 Å². The molecule has 0 fully saturated rings. The maximum Gasteiger partial charge on any atom is 0.387 e. The predicted molar refractivity (Wildman–Crippen MR) is 99.1 cm³/mol. The van der Waals surface area contributed by atoms with Gasteiger partial charge in [0.1, 0.15) is 11.6 Å². The van der Waals surface area contributed by atoms with Crippen LogP contribution in [-0.2, 0) is 0 Å². The normalized spacial score (nSPS) is 10.8. The molecule has 0 aliphatic carbocycles. The molecule has 0 bridgehead atoms. The third-order valence-electron chi connectivity index (χ3n) is 3.93. The Morgan fingerprint density at radius 2 is 1.79 bits per heavy atom. The van der Waals surface area contributed by atoms with Crippen molar-refractivity contribution in [3.63, 3.8) is 0 Å². The van der Waals surface area contributed by atoms with Crippen LogP contribution in [0.1, 0.15) is 17.2 Å². The lowest BCUT2D eigenvalue weighted by molar-refractivity contribution is -0.0497. The lowest BCUT2D eigenvalue weighted by atomic mass is 10.3. The van der Waals surface area contributed by atoms with E-state index in [0.29, 0.717) is 17.3 Å². The monoisotopic (exact) mass is 388 g/mol. The second kappa shape index (κ2) is 7.99. The Balaban J connectivity index is 1.66. The molecule has 2 amide bonds. The highest BCUT2D eigenvalue weighted by Gasteiger charge is 2.12. The van der Waals surface area contributed by atoms with Crippen LogP contribution < -0.4 is 15.4 Å². The summed E-state index contributed by atoms with van der Waals surface area (Å²) in [4.78, 5) is 25.0. The minimum atomic E-state index is -2.94. The molecule has 2 heterocycles. The first kappa shape index (κ1) is 19.2. The molecule has 10 heteroatoms. The fourth-order valence-electron chi connectivity index (χ4n) is 2.62. The Morgan fingerprint density at radius 3 is 2.39 bits per heavy atom. The highest BCUT2D eigenvalue weighted by Crippen LogP contribution is 2.20. The molecule has 0 aliphatic rings. The third-order valence-corrected chi connectivity index (χ3v) is 3.93. The maximum atomic E-state index is 12.3. The minimum Gasteiger partial charge on any atom is -0.435 e. The van der Waals surface area contributed by atoms with Crippen molar-refractivity contribution in [3.05, 3.63) is 53.9 Å². The number of nitrogens with zero attached hydrogens (tertiary/aromatic N) is 4. The lowest BCUT2D eigenvalue weighted by Gasteiger charge is -2.10. The number of imidazole rings is 1. The van der Waals surface area contributed by atoms with Crippen LogP contribution in [0.5, 0.6) is 5.75 Å². The number of hydrogen-bond acceptors (Lipinski definition) is 5. The summed E-state index contributed by atoms with van der Waals surface area (Å²) in [5, 5.41) is 5.10. The van der Waals surface area contributed by atoms with Crippen LogP contribution >= 0.6 is 0 Å². The van der Waals surface area contributed by atoms with Crippen molar-refractivity contribution in [2.45, 2.75) is 27.4 Å². The first-order valence-corrected chi connectivity index (χ1v) is 8.31. The highest BCUT2D eigenvalue weighted by molar-refractivity contribution is 5.99. The molecule has 0 saturated heterocycles.